The summed E-state index contributed by atoms with van der Waals surface area (Å²) >= 11 is 6.06. The van der Waals surface area contributed by atoms with Gasteiger partial charge in [0, 0.05) is 49.2 Å². The molecule has 3 rings (SSSR count). The second-order valence-corrected chi connectivity index (χ2v) is 6.68. The van der Waals surface area contributed by atoms with Crippen LogP contribution in [0.25, 0.3) is 0 Å². The summed E-state index contributed by atoms with van der Waals surface area (Å²) in [5, 5.41) is 3.84. The number of anilines is 1. The van der Waals surface area contributed by atoms with Crippen molar-refractivity contribution < 1.29 is 4.79 Å². The van der Waals surface area contributed by atoms with Crippen LogP contribution >= 0.6 is 11.6 Å². The van der Waals surface area contributed by atoms with Gasteiger partial charge in [-0.15, -0.1) is 0 Å². The van der Waals surface area contributed by atoms with Crippen LogP contribution in [-0.4, -0.2) is 30.5 Å². The van der Waals surface area contributed by atoms with Gasteiger partial charge >= 0.3 is 0 Å². The number of amides is 1. The number of aromatic nitrogens is 1. The quantitative estimate of drug-likeness (QED) is 0.875. The smallest absolute Gasteiger partial charge is 0.220 e. The molecule has 0 saturated carbocycles. The standard InChI is InChI=1S/C19H22ClN3O/c20-17-2-1-3-18(12-17)23-11-8-16(14-23)13-22-19(24)5-4-15-6-9-21-10-7-15/h1-3,6-7,9-10,12,16H,4-5,8,11,13-14H2,(H,22,24)/t16-/m0/s1. The van der Waals surface area contributed by atoms with E-state index in [0.29, 0.717) is 12.3 Å². The fourth-order valence-electron chi connectivity index (χ4n) is 3.06. The van der Waals surface area contributed by atoms with E-state index in [2.05, 4.69) is 21.3 Å². The predicted molar refractivity (Wildman–Crippen MR) is 97.3 cm³/mol. The summed E-state index contributed by atoms with van der Waals surface area (Å²) in [6, 6.07) is 11.9. The van der Waals surface area contributed by atoms with Crippen LogP contribution in [-0.2, 0) is 11.2 Å². The summed E-state index contributed by atoms with van der Waals surface area (Å²) in [4.78, 5) is 18.3. The first kappa shape index (κ1) is 16.8. The van der Waals surface area contributed by atoms with Crippen molar-refractivity contribution in [3.05, 3.63) is 59.4 Å². The Balaban J connectivity index is 1.40. The van der Waals surface area contributed by atoms with Gasteiger partial charge in [-0.25, -0.2) is 0 Å². The molecule has 2 aromatic rings. The Morgan fingerprint density at radius 3 is 2.92 bits per heavy atom. The van der Waals surface area contributed by atoms with Gasteiger partial charge in [-0.05, 0) is 54.7 Å². The monoisotopic (exact) mass is 343 g/mol. The fourth-order valence-corrected chi connectivity index (χ4v) is 3.25. The first-order chi connectivity index (χ1) is 11.7. The maximum absolute atomic E-state index is 12.0. The van der Waals surface area contributed by atoms with E-state index in [0.717, 1.165) is 48.7 Å². The highest BCUT2D eigenvalue weighted by molar-refractivity contribution is 6.30. The zero-order chi connectivity index (χ0) is 16.8. The van der Waals surface area contributed by atoms with Gasteiger partial charge in [-0.3, -0.25) is 9.78 Å². The number of hydrogen-bond donors (Lipinski definition) is 1. The molecule has 1 aromatic carbocycles. The number of carbonyl (C=O) groups is 1. The van der Waals surface area contributed by atoms with E-state index in [1.54, 1.807) is 12.4 Å². The van der Waals surface area contributed by atoms with Gasteiger partial charge in [0.1, 0.15) is 0 Å². The lowest BCUT2D eigenvalue weighted by molar-refractivity contribution is -0.121. The lowest BCUT2D eigenvalue weighted by atomic mass is 10.1. The van der Waals surface area contributed by atoms with Crippen LogP contribution in [0.4, 0.5) is 5.69 Å². The molecular formula is C19H22ClN3O. The molecule has 1 aliphatic rings. The third kappa shape index (κ3) is 4.71. The first-order valence-corrected chi connectivity index (χ1v) is 8.74. The van der Waals surface area contributed by atoms with Crippen LogP contribution in [0.2, 0.25) is 5.02 Å². The Kier molecular flexibility index (Phi) is 5.70. The van der Waals surface area contributed by atoms with Gasteiger partial charge in [-0.2, -0.15) is 0 Å². The summed E-state index contributed by atoms with van der Waals surface area (Å²) in [6.07, 6.45) is 5.89. The van der Waals surface area contributed by atoms with Crippen molar-refractivity contribution >= 4 is 23.2 Å². The van der Waals surface area contributed by atoms with Crippen molar-refractivity contribution in [3.63, 3.8) is 0 Å². The van der Waals surface area contributed by atoms with Gasteiger partial charge in [-0.1, -0.05) is 17.7 Å². The lowest BCUT2D eigenvalue weighted by Crippen LogP contribution is -2.31. The minimum Gasteiger partial charge on any atom is -0.371 e. The number of rotatable bonds is 6. The minimum atomic E-state index is 0.119. The van der Waals surface area contributed by atoms with Crippen molar-refractivity contribution in [1.82, 2.24) is 10.3 Å². The van der Waals surface area contributed by atoms with E-state index >= 15 is 0 Å². The maximum atomic E-state index is 12.0. The summed E-state index contributed by atoms with van der Waals surface area (Å²) < 4.78 is 0. The van der Waals surface area contributed by atoms with Crippen molar-refractivity contribution in [2.24, 2.45) is 5.92 Å². The number of benzene rings is 1. The van der Waals surface area contributed by atoms with Crippen LogP contribution in [0.15, 0.2) is 48.8 Å². The Morgan fingerprint density at radius 1 is 1.29 bits per heavy atom. The average molecular weight is 344 g/mol. The number of halogens is 1. The Morgan fingerprint density at radius 2 is 2.12 bits per heavy atom. The van der Waals surface area contributed by atoms with E-state index in [1.165, 1.54) is 0 Å². The number of nitrogens with one attached hydrogen (secondary N) is 1. The van der Waals surface area contributed by atoms with E-state index in [1.807, 2.05) is 30.3 Å². The van der Waals surface area contributed by atoms with Gasteiger partial charge < -0.3 is 10.2 Å². The molecule has 1 saturated heterocycles. The summed E-state index contributed by atoms with van der Waals surface area (Å²) in [7, 11) is 0. The van der Waals surface area contributed by atoms with Gasteiger partial charge in [0.05, 0.1) is 0 Å². The second-order valence-electron chi connectivity index (χ2n) is 6.24. The van der Waals surface area contributed by atoms with E-state index in [9.17, 15) is 4.79 Å². The van der Waals surface area contributed by atoms with Crippen molar-refractivity contribution in [3.8, 4) is 0 Å². The zero-order valence-corrected chi connectivity index (χ0v) is 14.4. The highest BCUT2D eigenvalue weighted by Gasteiger charge is 2.23. The molecule has 0 spiro atoms. The molecule has 1 aliphatic heterocycles. The van der Waals surface area contributed by atoms with Crippen LogP contribution in [0, 0.1) is 5.92 Å². The van der Waals surface area contributed by atoms with Crippen LogP contribution in [0.5, 0.6) is 0 Å². The third-order valence-electron chi connectivity index (χ3n) is 4.44. The Hall–Kier alpha value is -2.07. The minimum absolute atomic E-state index is 0.119. The maximum Gasteiger partial charge on any atom is 0.220 e. The van der Waals surface area contributed by atoms with E-state index in [-0.39, 0.29) is 5.91 Å². The van der Waals surface area contributed by atoms with Gasteiger partial charge in [0.25, 0.3) is 0 Å². The number of aryl methyl sites for hydroxylation is 1. The van der Waals surface area contributed by atoms with Crippen molar-refractivity contribution in [2.45, 2.75) is 19.3 Å². The molecule has 0 aliphatic carbocycles. The molecule has 0 radical (unpaired) electrons. The Labute approximate surface area is 147 Å². The number of carbonyl (C=O) groups excluding carboxylic acids is 1. The molecule has 126 valence electrons. The number of nitrogens with zero attached hydrogens (tertiary/aromatic N) is 2. The first-order valence-electron chi connectivity index (χ1n) is 8.37. The molecule has 24 heavy (non-hydrogen) atoms. The average Bonchev–Trinajstić information content (AvgIpc) is 3.08. The Bertz CT molecular complexity index is 677. The fraction of sp³-hybridized carbons (Fsp3) is 0.368. The molecule has 1 aromatic heterocycles. The summed E-state index contributed by atoms with van der Waals surface area (Å²) in [6.45, 7) is 2.72. The SMILES string of the molecule is O=C(CCc1ccncc1)NC[C@@H]1CCN(c2cccc(Cl)c2)C1. The molecule has 1 fully saturated rings. The topological polar surface area (TPSA) is 45.2 Å². The van der Waals surface area contributed by atoms with Gasteiger partial charge in [0.2, 0.25) is 5.91 Å². The van der Waals surface area contributed by atoms with Crippen molar-refractivity contribution in [1.29, 1.82) is 0 Å². The molecule has 5 heteroatoms. The molecule has 1 N–H and O–H groups in total. The van der Waals surface area contributed by atoms with E-state index < -0.39 is 0 Å². The van der Waals surface area contributed by atoms with E-state index in [4.69, 9.17) is 11.6 Å². The van der Waals surface area contributed by atoms with Crippen LogP contribution in [0.1, 0.15) is 18.4 Å². The summed E-state index contributed by atoms with van der Waals surface area (Å²) in [5.74, 6) is 0.613. The molecule has 0 bridgehead atoms. The third-order valence-corrected chi connectivity index (χ3v) is 4.67. The molecule has 0 unspecified atom stereocenters. The highest BCUT2D eigenvalue weighted by Crippen LogP contribution is 2.25. The highest BCUT2D eigenvalue weighted by atomic mass is 35.5. The second kappa shape index (κ2) is 8.15. The lowest BCUT2D eigenvalue weighted by Gasteiger charge is -2.19. The zero-order valence-electron chi connectivity index (χ0n) is 13.6. The molecule has 1 amide bonds. The normalized spacial score (nSPS) is 17.0. The largest absolute Gasteiger partial charge is 0.371 e. The van der Waals surface area contributed by atoms with Crippen molar-refractivity contribution in [2.75, 3.05) is 24.5 Å². The summed E-state index contributed by atoms with van der Waals surface area (Å²) in [5.41, 5.74) is 2.31. The predicted octanol–water partition coefficient (Wildman–Crippen LogP) is 3.31. The number of pyridine rings is 1. The number of hydrogen-bond acceptors (Lipinski definition) is 3. The van der Waals surface area contributed by atoms with Gasteiger partial charge in [0.15, 0.2) is 0 Å². The molecule has 2 heterocycles. The molecule has 1 atom stereocenters. The van der Waals surface area contributed by atoms with Crippen LogP contribution < -0.4 is 10.2 Å². The molecule has 4 nitrogen and oxygen atoms in total. The molecular weight excluding hydrogens is 322 g/mol. The van der Waals surface area contributed by atoms with Crippen LogP contribution in [0.3, 0.4) is 0 Å².